The van der Waals surface area contributed by atoms with Crippen LogP contribution in [0.2, 0.25) is 0 Å². The number of aliphatic carboxylic acids is 1. The molecule has 3 rings (SSSR count). The molecule has 0 aliphatic carbocycles. The van der Waals surface area contributed by atoms with Gasteiger partial charge in [0, 0.05) is 19.6 Å². The van der Waals surface area contributed by atoms with Crippen LogP contribution >= 0.6 is 0 Å². The minimum Gasteiger partial charge on any atom is -0.489 e. The van der Waals surface area contributed by atoms with E-state index in [1.807, 2.05) is 50.2 Å². The Kier molecular flexibility index (Phi) is 6.85. The van der Waals surface area contributed by atoms with Crippen molar-refractivity contribution >= 4 is 11.5 Å². The van der Waals surface area contributed by atoms with Crippen LogP contribution in [0.15, 0.2) is 54.1 Å². The van der Waals surface area contributed by atoms with E-state index in [4.69, 9.17) is 9.47 Å². The van der Waals surface area contributed by atoms with E-state index in [1.165, 1.54) is 5.56 Å². The molecule has 1 saturated heterocycles. The van der Waals surface area contributed by atoms with Crippen molar-refractivity contribution < 1.29 is 19.4 Å². The zero-order chi connectivity index (χ0) is 19.9. The van der Waals surface area contributed by atoms with Gasteiger partial charge in [-0.15, -0.1) is 0 Å². The molecule has 0 amide bonds. The summed E-state index contributed by atoms with van der Waals surface area (Å²) in [6, 6.07) is 15.6. The Morgan fingerprint density at radius 2 is 1.86 bits per heavy atom. The van der Waals surface area contributed by atoms with Crippen molar-refractivity contribution in [3.05, 3.63) is 70.8 Å². The first-order valence-electron chi connectivity index (χ1n) is 9.55. The van der Waals surface area contributed by atoms with Crippen LogP contribution in [0.5, 0.6) is 5.75 Å². The van der Waals surface area contributed by atoms with Crippen LogP contribution in [-0.4, -0.2) is 42.3 Å². The van der Waals surface area contributed by atoms with Gasteiger partial charge in [0.15, 0.2) is 0 Å². The number of benzene rings is 2. The molecule has 0 atom stereocenters. The highest BCUT2D eigenvalue weighted by molar-refractivity contribution is 6.16. The quantitative estimate of drug-likeness (QED) is 0.735. The van der Waals surface area contributed by atoms with E-state index in [1.54, 1.807) is 0 Å². The van der Waals surface area contributed by atoms with Gasteiger partial charge in [0.1, 0.15) is 12.4 Å². The van der Waals surface area contributed by atoms with Crippen LogP contribution < -0.4 is 4.74 Å². The number of carboxylic acids is 1. The predicted octanol–water partition coefficient (Wildman–Crippen LogP) is 3.98. The first kappa shape index (κ1) is 20.1. The highest BCUT2D eigenvalue weighted by Crippen LogP contribution is 2.25. The summed E-state index contributed by atoms with van der Waals surface area (Å²) >= 11 is 0. The highest BCUT2D eigenvalue weighted by atomic mass is 16.5. The van der Waals surface area contributed by atoms with Crippen molar-refractivity contribution in [1.82, 2.24) is 4.90 Å². The Morgan fingerprint density at radius 3 is 2.57 bits per heavy atom. The molecule has 0 radical (unpaired) electrons. The van der Waals surface area contributed by atoms with Gasteiger partial charge in [0.25, 0.3) is 0 Å². The topological polar surface area (TPSA) is 59.0 Å². The van der Waals surface area contributed by atoms with Gasteiger partial charge in [-0.25, -0.2) is 4.79 Å². The largest absolute Gasteiger partial charge is 0.489 e. The number of rotatable bonds is 7. The standard InChI is InChI=1S/C23H27NO4/c1-17(2)22(23(25)26)21-9-4-3-7-19(21)16-28-20-8-5-6-18(14-20)15-24-10-12-27-13-11-24/h3-9,14H,10-13,15-16H2,1-2H3,(H,25,26). The summed E-state index contributed by atoms with van der Waals surface area (Å²) in [5.41, 5.74) is 3.87. The molecule has 1 N–H and O–H groups in total. The summed E-state index contributed by atoms with van der Waals surface area (Å²) in [4.78, 5) is 14.1. The average Bonchev–Trinajstić information content (AvgIpc) is 2.68. The highest BCUT2D eigenvalue weighted by Gasteiger charge is 2.16. The fourth-order valence-corrected chi connectivity index (χ4v) is 3.40. The summed E-state index contributed by atoms with van der Waals surface area (Å²) < 4.78 is 11.4. The summed E-state index contributed by atoms with van der Waals surface area (Å²) in [5.74, 6) is -0.130. The van der Waals surface area contributed by atoms with Crippen molar-refractivity contribution in [2.45, 2.75) is 27.0 Å². The van der Waals surface area contributed by atoms with Crippen molar-refractivity contribution in [3.63, 3.8) is 0 Å². The molecule has 148 valence electrons. The molecular weight excluding hydrogens is 354 g/mol. The summed E-state index contributed by atoms with van der Waals surface area (Å²) in [6.07, 6.45) is 0. The number of carboxylic acid groups (broad SMARTS) is 1. The van der Waals surface area contributed by atoms with Crippen LogP contribution in [0.1, 0.15) is 30.5 Å². The van der Waals surface area contributed by atoms with Gasteiger partial charge < -0.3 is 14.6 Å². The summed E-state index contributed by atoms with van der Waals surface area (Å²) in [6.45, 7) is 8.27. The molecule has 28 heavy (non-hydrogen) atoms. The van der Waals surface area contributed by atoms with E-state index in [2.05, 4.69) is 17.0 Å². The molecule has 2 aromatic carbocycles. The molecular formula is C23H27NO4. The van der Waals surface area contributed by atoms with Gasteiger partial charge in [-0.1, -0.05) is 42.0 Å². The van der Waals surface area contributed by atoms with Crippen LogP contribution in [0.3, 0.4) is 0 Å². The Balaban J connectivity index is 1.72. The van der Waals surface area contributed by atoms with E-state index in [-0.39, 0.29) is 0 Å². The Bertz CT molecular complexity index is 849. The minimum absolute atomic E-state index is 0.321. The molecule has 0 saturated carbocycles. The third-order valence-corrected chi connectivity index (χ3v) is 4.80. The number of morpholine rings is 1. The number of carbonyl (C=O) groups is 1. The van der Waals surface area contributed by atoms with E-state index in [9.17, 15) is 9.90 Å². The van der Waals surface area contributed by atoms with Gasteiger partial charge in [0.05, 0.1) is 18.8 Å². The lowest BCUT2D eigenvalue weighted by Crippen LogP contribution is -2.35. The molecule has 2 aromatic rings. The molecule has 1 heterocycles. The lowest BCUT2D eigenvalue weighted by Gasteiger charge is -2.26. The zero-order valence-corrected chi connectivity index (χ0v) is 16.5. The monoisotopic (exact) mass is 381 g/mol. The number of hydrogen-bond donors (Lipinski definition) is 1. The van der Waals surface area contributed by atoms with Gasteiger partial charge >= 0.3 is 5.97 Å². The van der Waals surface area contributed by atoms with Crippen molar-refractivity contribution in [1.29, 1.82) is 0 Å². The maximum absolute atomic E-state index is 11.7. The molecule has 1 fully saturated rings. The smallest absolute Gasteiger partial charge is 0.336 e. The minimum atomic E-state index is -0.917. The van der Waals surface area contributed by atoms with Crippen LogP contribution in [0.4, 0.5) is 0 Å². The van der Waals surface area contributed by atoms with Gasteiger partial charge in [-0.05, 0) is 42.7 Å². The maximum Gasteiger partial charge on any atom is 0.336 e. The van der Waals surface area contributed by atoms with Crippen molar-refractivity contribution in [3.8, 4) is 5.75 Å². The van der Waals surface area contributed by atoms with Crippen molar-refractivity contribution in [2.24, 2.45) is 0 Å². The Morgan fingerprint density at radius 1 is 1.11 bits per heavy atom. The number of nitrogens with zero attached hydrogens (tertiary/aromatic N) is 1. The molecule has 1 aliphatic rings. The third-order valence-electron chi connectivity index (χ3n) is 4.80. The molecule has 0 unspecified atom stereocenters. The first-order valence-corrected chi connectivity index (χ1v) is 9.55. The van der Waals surface area contributed by atoms with Crippen LogP contribution in [0.25, 0.3) is 5.57 Å². The Labute approximate surface area is 166 Å². The lowest BCUT2D eigenvalue weighted by molar-refractivity contribution is -0.130. The second-order valence-electron chi connectivity index (χ2n) is 7.16. The molecule has 0 spiro atoms. The van der Waals surface area contributed by atoms with Crippen LogP contribution in [-0.2, 0) is 22.7 Å². The van der Waals surface area contributed by atoms with E-state index in [0.29, 0.717) is 17.7 Å². The number of ether oxygens (including phenoxy) is 2. The zero-order valence-electron chi connectivity index (χ0n) is 16.5. The fourth-order valence-electron chi connectivity index (χ4n) is 3.40. The van der Waals surface area contributed by atoms with E-state index in [0.717, 1.165) is 49.7 Å². The van der Waals surface area contributed by atoms with Crippen molar-refractivity contribution in [2.75, 3.05) is 26.3 Å². The third kappa shape index (κ3) is 5.21. The molecule has 0 aromatic heterocycles. The Hall–Kier alpha value is -2.63. The molecule has 5 heteroatoms. The number of allylic oxidation sites excluding steroid dienone is 1. The second kappa shape index (κ2) is 9.53. The summed E-state index contributed by atoms with van der Waals surface area (Å²) in [5, 5.41) is 9.59. The number of hydrogen-bond acceptors (Lipinski definition) is 4. The fraction of sp³-hybridized carbons (Fsp3) is 0.348. The molecule has 5 nitrogen and oxygen atoms in total. The lowest BCUT2D eigenvalue weighted by atomic mass is 9.97. The first-order chi connectivity index (χ1) is 13.5. The average molecular weight is 381 g/mol. The van der Waals surface area contributed by atoms with E-state index >= 15 is 0 Å². The summed E-state index contributed by atoms with van der Waals surface area (Å²) in [7, 11) is 0. The predicted molar refractivity (Wildman–Crippen MR) is 109 cm³/mol. The van der Waals surface area contributed by atoms with Gasteiger partial charge in [-0.3, -0.25) is 4.90 Å². The normalized spacial score (nSPS) is 14.5. The van der Waals surface area contributed by atoms with Crippen LogP contribution in [0, 0.1) is 0 Å². The maximum atomic E-state index is 11.7. The molecule has 0 bridgehead atoms. The van der Waals surface area contributed by atoms with Gasteiger partial charge in [-0.2, -0.15) is 0 Å². The molecule has 1 aliphatic heterocycles. The van der Waals surface area contributed by atoms with E-state index < -0.39 is 5.97 Å². The second-order valence-corrected chi connectivity index (χ2v) is 7.16. The SMILES string of the molecule is CC(C)=C(C(=O)O)c1ccccc1COc1cccc(CN2CCOCC2)c1. The van der Waals surface area contributed by atoms with Gasteiger partial charge in [0.2, 0.25) is 0 Å².